The van der Waals surface area contributed by atoms with Crippen molar-refractivity contribution in [3.05, 3.63) is 24.3 Å². The zero-order valence-electron chi connectivity index (χ0n) is 11.6. The van der Waals surface area contributed by atoms with Crippen LogP contribution in [-0.2, 0) is 16.1 Å². The van der Waals surface area contributed by atoms with E-state index in [1.165, 1.54) is 6.33 Å². The van der Waals surface area contributed by atoms with Gasteiger partial charge in [-0.3, -0.25) is 0 Å². The molecule has 8 heteroatoms. The Morgan fingerprint density at radius 2 is 2.19 bits per heavy atom. The van der Waals surface area contributed by atoms with Crippen molar-refractivity contribution in [2.24, 2.45) is 0 Å². The number of hydrogen-bond acceptors (Lipinski definition) is 5. The Labute approximate surface area is 122 Å². The molecule has 0 saturated carbocycles. The highest BCUT2D eigenvalue weighted by Crippen LogP contribution is 2.13. The minimum Gasteiger partial charge on any atom is -0.480 e. The molecule has 1 aliphatic rings. The molecule has 8 nitrogen and oxygen atoms in total. The fraction of sp³-hybridized carbons (Fsp3) is 0.538. The molecule has 0 aromatic carbocycles. The number of aromatic nitrogens is 2. The summed E-state index contributed by atoms with van der Waals surface area (Å²) in [6, 6.07) is 1.59. The van der Waals surface area contributed by atoms with Gasteiger partial charge in [-0.15, -0.1) is 0 Å². The lowest BCUT2D eigenvalue weighted by molar-refractivity contribution is -0.145. The first kappa shape index (κ1) is 15.2. The molecule has 0 spiro atoms. The second-order valence-corrected chi connectivity index (χ2v) is 4.75. The number of urea groups is 1. The van der Waals surface area contributed by atoms with Crippen LogP contribution in [0.25, 0.3) is 0 Å². The second kappa shape index (κ2) is 7.53. The molecule has 0 bridgehead atoms. The van der Waals surface area contributed by atoms with Gasteiger partial charge >= 0.3 is 12.0 Å². The fourth-order valence-electron chi connectivity index (χ4n) is 2.12. The summed E-state index contributed by atoms with van der Waals surface area (Å²) in [5.74, 6) is -0.972. The van der Waals surface area contributed by atoms with Gasteiger partial charge in [0, 0.05) is 19.3 Å². The molecule has 21 heavy (non-hydrogen) atoms. The summed E-state index contributed by atoms with van der Waals surface area (Å²) in [5.41, 5.74) is 0.748. The van der Waals surface area contributed by atoms with Gasteiger partial charge in [-0.2, -0.15) is 0 Å². The van der Waals surface area contributed by atoms with Gasteiger partial charge in [-0.1, -0.05) is 0 Å². The number of nitrogens with one attached hydrogen (secondary N) is 1. The summed E-state index contributed by atoms with van der Waals surface area (Å²) < 4.78 is 5.23. The number of piperidine rings is 1. The molecule has 2 amide bonds. The Morgan fingerprint density at radius 1 is 1.43 bits per heavy atom. The summed E-state index contributed by atoms with van der Waals surface area (Å²) in [5, 5.41) is 11.3. The van der Waals surface area contributed by atoms with E-state index in [2.05, 4.69) is 15.3 Å². The predicted molar refractivity (Wildman–Crippen MR) is 72.5 cm³/mol. The van der Waals surface area contributed by atoms with E-state index in [4.69, 9.17) is 9.84 Å². The summed E-state index contributed by atoms with van der Waals surface area (Å²) in [6.45, 7) is 1.18. The molecule has 1 saturated heterocycles. The third-order valence-corrected chi connectivity index (χ3v) is 3.24. The molecule has 2 rings (SSSR count). The lowest BCUT2D eigenvalue weighted by Crippen LogP contribution is -2.46. The maximum atomic E-state index is 12.0. The van der Waals surface area contributed by atoms with Gasteiger partial charge < -0.3 is 20.1 Å². The van der Waals surface area contributed by atoms with Crippen molar-refractivity contribution >= 4 is 12.0 Å². The van der Waals surface area contributed by atoms with E-state index in [0.29, 0.717) is 32.5 Å². The maximum Gasteiger partial charge on any atom is 0.329 e. The minimum absolute atomic E-state index is 0.0907. The van der Waals surface area contributed by atoms with Crippen molar-refractivity contribution in [3.63, 3.8) is 0 Å². The Balaban J connectivity index is 1.69. The molecule has 114 valence electrons. The number of rotatable bonds is 5. The highest BCUT2D eigenvalue weighted by molar-refractivity contribution is 5.74. The van der Waals surface area contributed by atoms with E-state index in [9.17, 15) is 9.59 Å². The Morgan fingerprint density at radius 3 is 2.81 bits per heavy atom. The van der Waals surface area contributed by atoms with Gasteiger partial charge in [-0.25, -0.2) is 19.6 Å². The number of amides is 2. The van der Waals surface area contributed by atoms with Gasteiger partial charge in [0.2, 0.25) is 0 Å². The van der Waals surface area contributed by atoms with Crippen LogP contribution >= 0.6 is 0 Å². The largest absolute Gasteiger partial charge is 0.480 e. The van der Waals surface area contributed by atoms with Crippen molar-refractivity contribution in [1.82, 2.24) is 20.2 Å². The second-order valence-electron chi connectivity index (χ2n) is 4.75. The van der Waals surface area contributed by atoms with Gasteiger partial charge in [0.25, 0.3) is 0 Å². The number of aliphatic carboxylic acids is 1. The summed E-state index contributed by atoms with van der Waals surface area (Å²) in [7, 11) is 0. The molecule has 1 aromatic rings. The monoisotopic (exact) mass is 294 g/mol. The molecule has 1 aliphatic heterocycles. The van der Waals surface area contributed by atoms with E-state index in [1.54, 1.807) is 17.2 Å². The first-order chi connectivity index (χ1) is 10.1. The van der Waals surface area contributed by atoms with Crippen LogP contribution in [0.5, 0.6) is 0 Å². The number of hydrogen-bond donors (Lipinski definition) is 2. The number of likely N-dealkylation sites (tertiary alicyclic amines) is 1. The smallest absolute Gasteiger partial charge is 0.329 e. The van der Waals surface area contributed by atoms with Gasteiger partial charge in [0.05, 0.1) is 18.3 Å². The van der Waals surface area contributed by atoms with Crippen LogP contribution in [0.3, 0.4) is 0 Å². The number of carboxylic acids is 1. The molecule has 0 atom stereocenters. The SMILES string of the molecule is O=C(O)COC1CCN(C(=O)NCc2ccncn2)CC1. The van der Waals surface area contributed by atoms with Crippen molar-refractivity contribution in [3.8, 4) is 0 Å². The van der Waals surface area contributed by atoms with E-state index in [0.717, 1.165) is 5.69 Å². The topological polar surface area (TPSA) is 105 Å². The van der Waals surface area contributed by atoms with Crippen molar-refractivity contribution in [2.45, 2.75) is 25.5 Å². The number of ether oxygens (including phenoxy) is 1. The van der Waals surface area contributed by atoms with Crippen LogP contribution in [0.4, 0.5) is 4.79 Å². The highest BCUT2D eigenvalue weighted by atomic mass is 16.5. The normalized spacial score (nSPS) is 15.7. The molecule has 1 fully saturated rings. The van der Waals surface area contributed by atoms with Gasteiger partial charge in [-0.05, 0) is 18.9 Å². The Hall–Kier alpha value is -2.22. The third kappa shape index (κ3) is 4.99. The van der Waals surface area contributed by atoms with E-state index >= 15 is 0 Å². The summed E-state index contributed by atoms with van der Waals surface area (Å²) >= 11 is 0. The molecule has 1 aromatic heterocycles. The molecular formula is C13H18N4O4. The lowest BCUT2D eigenvalue weighted by atomic mass is 10.1. The van der Waals surface area contributed by atoms with Crippen LogP contribution in [0.15, 0.2) is 18.6 Å². The quantitative estimate of drug-likeness (QED) is 0.806. The van der Waals surface area contributed by atoms with Crippen molar-refractivity contribution in [2.75, 3.05) is 19.7 Å². The van der Waals surface area contributed by atoms with E-state index in [1.807, 2.05) is 0 Å². The summed E-state index contributed by atoms with van der Waals surface area (Å²) in [6.07, 6.45) is 4.27. The van der Waals surface area contributed by atoms with Gasteiger partial charge in [0.15, 0.2) is 0 Å². The van der Waals surface area contributed by atoms with Crippen LogP contribution < -0.4 is 5.32 Å². The molecular weight excluding hydrogens is 276 g/mol. The van der Waals surface area contributed by atoms with Crippen molar-refractivity contribution < 1.29 is 19.4 Å². The van der Waals surface area contributed by atoms with Crippen LogP contribution in [0, 0.1) is 0 Å². The first-order valence-electron chi connectivity index (χ1n) is 6.76. The zero-order chi connectivity index (χ0) is 15.1. The average Bonchev–Trinajstić information content (AvgIpc) is 2.52. The standard InChI is InChI=1S/C13H18N4O4/c18-12(19)8-21-11-2-5-17(6-3-11)13(20)15-7-10-1-4-14-9-16-10/h1,4,9,11H,2-3,5-8H2,(H,15,20)(H,18,19). The molecule has 2 N–H and O–H groups in total. The number of carbonyl (C=O) groups is 2. The number of carboxylic acid groups (broad SMARTS) is 1. The van der Waals surface area contributed by atoms with Crippen molar-refractivity contribution in [1.29, 1.82) is 0 Å². The minimum atomic E-state index is -0.972. The maximum absolute atomic E-state index is 12.0. The van der Waals surface area contributed by atoms with E-state index < -0.39 is 5.97 Å². The molecule has 2 heterocycles. The van der Waals surface area contributed by atoms with Crippen LogP contribution in [0.2, 0.25) is 0 Å². The lowest BCUT2D eigenvalue weighted by Gasteiger charge is -2.31. The van der Waals surface area contributed by atoms with Crippen LogP contribution in [-0.4, -0.2) is 57.8 Å². The predicted octanol–water partition coefficient (Wildman–Crippen LogP) is 0.252. The third-order valence-electron chi connectivity index (χ3n) is 3.24. The van der Waals surface area contributed by atoms with Gasteiger partial charge in [0.1, 0.15) is 12.9 Å². The fourth-order valence-corrected chi connectivity index (χ4v) is 2.12. The number of carbonyl (C=O) groups excluding carboxylic acids is 1. The first-order valence-corrected chi connectivity index (χ1v) is 6.76. The van der Waals surface area contributed by atoms with Crippen LogP contribution in [0.1, 0.15) is 18.5 Å². The summed E-state index contributed by atoms with van der Waals surface area (Å²) in [4.78, 5) is 31.9. The highest BCUT2D eigenvalue weighted by Gasteiger charge is 2.23. The molecule has 0 unspecified atom stereocenters. The Kier molecular flexibility index (Phi) is 5.44. The van der Waals surface area contributed by atoms with E-state index in [-0.39, 0.29) is 18.7 Å². The molecule has 0 aliphatic carbocycles. The number of nitrogens with zero attached hydrogens (tertiary/aromatic N) is 3. The average molecular weight is 294 g/mol. The molecule has 0 radical (unpaired) electrons. The zero-order valence-corrected chi connectivity index (χ0v) is 11.6. The Bertz CT molecular complexity index is 474.